The first-order chi connectivity index (χ1) is 14.0. The van der Waals surface area contributed by atoms with E-state index < -0.39 is 0 Å². The average molecular weight is 388 g/mol. The Morgan fingerprint density at radius 2 is 1.55 bits per heavy atom. The van der Waals surface area contributed by atoms with Crippen LogP contribution in [0, 0.1) is 13.8 Å². The molecule has 0 spiro atoms. The van der Waals surface area contributed by atoms with Crippen molar-refractivity contribution in [1.82, 2.24) is 10.6 Å². The molecule has 0 heterocycles. The molecule has 2 N–H and O–H groups in total. The molecule has 148 valence electrons. The Hall–Kier alpha value is -3.60. The summed E-state index contributed by atoms with van der Waals surface area (Å²) in [6, 6.07) is 22.5. The zero-order valence-electron chi connectivity index (χ0n) is 16.6. The molecule has 3 rings (SSSR count). The summed E-state index contributed by atoms with van der Waals surface area (Å²) >= 11 is 0. The van der Waals surface area contributed by atoms with Crippen LogP contribution in [-0.2, 0) is 11.3 Å². The van der Waals surface area contributed by atoms with E-state index in [-0.39, 0.29) is 18.4 Å². The van der Waals surface area contributed by atoms with Crippen molar-refractivity contribution in [3.8, 4) is 11.5 Å². The number of carbonyl (C=O) groups is 2. The molecule has 3 aromatic carbocycles. The van der Waals surface area contributed by atoms with Crippen molar-refractivity contribution in [3.05, 3.63) is 95.1 Å². The van der Waals surface area contributed by atoms with Crippen LogP contribution in [-0.4, -0.2) is 18.4 Å². The van der Waals surface area contributed by atoms with Crippen LogP contribution in [0.25, 0.3) is 0 Å². The second-order valence-electron chi connectivity index (χ2n) is 6.78. The standard InChI is InChI=1S/C24H24N2O3/c1-17-12-13-19(14-18(17)2)24(28)26-16-23(27)25-15-20-8-6-7-11-22(20)29-21-9-4-3-5-10-21/h3-14H,15-16H2,1-2H3,(H,25,27)(H,26,28). The van der Waals surface area contributed by atoms with Gasteiger partial charge in [0, 0.05) is 17.7 Å². The van der Waals surface area contributed by atoms with E-state index in [0.29, 0.717) is 17.9 Å². The molecule has 3 aromatic rings. The lowest BCUT2D eigenvalue weighted by Gasteiger charge is -2.12. The van der Waals surface area contributed by atoms with Crippen LogP contribution in [0.4, 0.5) is 0 Å². The minimum atomic E-state index is -0.268. The van der Waals surface area contributed by atoms with Crippen LogP contribution in [0.15, 0.2) is 72.8 Å². The van der Waals surface area contributed by atoms with E-state index in [9.17, 15) is 9.59 Å². The zero-order chi connectivity index (χ0) is 20.6. The van der Waals surface area contributed by atoms with Crippen LogP contribution in [0.1, 0.15) is 27.0 Å². The molecule has 0 aliphatic rings. The van der Waals surface area contributed by atoms with Gasteiger partial charge in [-0.25, -0.2) is 0 Å². The molecule has 0 fully saturated rings. The first kappa shape index (κ1) is 20.1. The first-order valence-corrected chi connectivity index (χ1v) is 9.46. The fraction of sp³-hybridized carbons (Fsp3) is 0.167. The number of hydrogen-bond acceptors (Lipinski definition) is 3. The SMILES string of the molecule is Cc1ccc(C(=O)NCC(=O)NCc2ccccc2Oc2ccccc2)cc1C. The van der Waals surface area contributed by atoms with Crippen LogP contribution in [0.5, 0.6) is 11.5 Å². The van der Waals surface area contributed by atoms with Gasteiger partial charge in [0.15, 0.2) is 0 Å². The molecule has 0 atom stereocenters. The summed E-state index contributed by atoms with van der Waals surface area (Å²) in [6.45, 7) is 4.16. The Morgan fingerprint density at radius 1 is 0.828 bits per heavy atom. The Kier molecular flexibility index (Phi) is 6.63. The summed E-state index contributed by atoms with van der Waals surface area (Å²) in [5.41, 5.74) is 3.56. The lowest BCUT2D eigenvalue weighted by Crippen LogP contribution is -2.36. The number of amides is 2. The van der Waals surface area contributed by atoms with Gasteiger partial charge in [-0.15, -0.1) is 0 Å². The van der Waals surface area contributed by atoms with Crippen molar-refractivity contribution in [2.75, 3.05) is 6.54 Å². The van der Waals surface area contributed by atoms with Gasteiger partial charge in [0.2, 0.25) is 5.91 Å². The molecule has 0 aromatic heterocycles. The minimum Gasteiger partial charge on any atom is -0.457 e. The van der Waals surface area contributed by atoms with E-state index in [1.54, 1.807) is 6.07 Å². The van der Waals surface area contributed by atoms with Crippen molar-refractivity contribution in [1.29, 1.82) is 0 Å². The maximum absolute atomic E-state index is 12.2. The highest BCUT2D eigenvalue weighted by molar-refractivity contribution is 5.96. The van der Waals surface area contributed by atoms with E-state index in [0.717, 1.165) is 22.4 Å². The summed E-state index contributed by atoms with van der Waals surface area (Å²) in [7, 11) is 0. The van der Waals surface area contributed by atoms with Crippen LogP contribution in [0.3, 0.4) is 0 Å². The number of rotatable bonds is 7. The zero-order valence-corrected chi connectivity index (χ0v) is 16.6. The number of hydrogen-bond donors (Lipinski definition) is 2. The van der Waals surface area contributed by atoms with Crippen molar-refractivity contribution in [2.24, 2.45) is 0 Å². The highest BCUT2D eigenvalue weighted by Crippen LogP contribution is 2.24. The summed E-state index contributed by atoms with van der Waals surface area (Å²) in [6.07, 6.45) is 0. The van der Waals surface area contributed by atoms with Crippen LogP contribution in [0.2, 0.25) is 0 Å². The molecule has 0 saturated carbocycles. The van der Waals surface area contributed by atoms with Crippen LogP contribution >= 0.6 is 0 Å². The molecule has 2 amide bonds. The number of nitrogens with one attached hydrogen (secondary N) is 2. The van der Waals surface area contributed by atoms with Crippen molar-refractivity contribution < 1.29 is 14.3 Å². The van der Waals surface area contributed by atoms with Gasteiger partial charge in [0.25, 0.3) is 5.91 Å². The Morgan fingerprint density at radius 3 is 2.31 bits per heavy atom. The Bertz CT molecular complexity index is 1000. The van der Waals surface area contributed by atoms with Gasteiger partial charge >= 0.3 is 0 Å². The average Bonchev–Trinajstić information content (AvgIpc) is 2.74. The molecule has 29 heavy (non-hydrogen) atoms. The predicted octanol–water partition coefficient (Wildman–Crippen LogP) is 4.14. The van der Waals surface area contributed by atoms with E-state index in [4.69, 9.17) is 4.74 Å². The molecule has 0 radical (unpaired) electrons. The third-order valence-electron chi connectivity index (χ3n) is 4.60. The molecule has 0 aliphatic carbocycles. The molecule has 5 heteroatoms. The maximum Gasteiger partial charge on any atom is 0.251 e. The molecule has 0 aliphatic heterocycles. The van der Waals surface area contributed by atoms with Crippen molar-refractivity contribution >= 4 is 11.8 Å². The topological polar surface area (TPSA) is 67.4 Å². The fourth-order valence-electron chi connectivity index (χ4n) is 2.77. The normalized spacial score (nSPS) is 10.3. The smallest absolute Gasteiger partial charge is 0.251 e. The maximum atomic E-state index is 12.2. The second-order valence-corrected chi connectivity index (χ2v) is 6.78. The van der Waals surface area contributed by atoms with E-state index in [1.165, 1.54) is 0 Å². The van der Waals surface area contributed by atoms with Gasteiger partial charge in [0.05, 0.1) is 6.54 Å². The molecule has 0 bridgehead atoms. The number of benzene rings is 3. The lowest BCUT2D eigenvalue weighted by atomic mass is 10.1. The van der Waals surface area contributed by atoms with Gasteiger partial charge in [-0.2, -0.15) is 0 Å². The molecular formula is C24H24N2O3. The third-order valence-corrected chi connectivity index (χ3v) is 4.60. The van der Waals surface area contributed by atoms with Gasteiger partial charge < -0.3 is 15.4 Å². The van der Waals surface area contributed by atoms with E-state index in [1.807, 2.05) is 80.6 Å². The lowest BCUT2D eigenvalue weighted by molar-refractivity contribution is -0.120. The number of ether oxygens (including phenoxy) is 1. The number of aryl methyl sites for hydroxylation is 2. The van der Waals surface area contributed by atoms with Gasteiger partial charge in [-0.05, 0) is 55.3 Å². The Balaban J connectivity index is 1.53. The second kappa shape index (κ2) is 9.55. The summed E-state index contributed by atoms with van der Waals surface area (Å²) < 4.78 is 5.90. The van der Waals surface area contributed by atoms with Gasteiger partial charge in [0.1, 0.15) is 11.5 Å². The number of carbonyl (C=O) groups excluding carboxylic acids is 2. The van der Waals surface area contributed by atoms with E-state index in [2.05, 4.69) is 10.6 Å². The van der Waals surface area contributed by atoms with Gasteiger partial charge in [-0.1, -0.05) is 42.5 Å². The monoisotopic (exact) mass is 388 g/mol. The highest BCUT2D eigenvalue weighted by atomic mass is 16.5. The summed E-state index contributed by atoms with van der Waals surface area (Å²) in [4.78, 5) is 24.4. The quantitative estimate of drug-likeness (QED) is 0.639. The molecule has 0 unspecified atom stereocenters. The van der Waals surface area contributed by atoms with E-state index >= 15 is 0 Å². The molecule has 5 nitrogen and oxygen atoms in total. The predicted molar refractivity (Wildman–Crippen MR) is 113 cm³/mol. The highest BCUT2D eigenvalue weighted by Gasteiger charge is 2.10. The number of para-hydroxylation sites is 2. The largest absolute Gasteiger partial charge is 0.457 e. The van der Waals surface area contributed by atoms with Crippen molar-refractivity contribution in [3.63, 3.8) is 0 Å². The van der Waals surface area contributed by atoms with Crippen LogP contribution < -0.4 is 15.4 Å². The first-order valence-electron chi connectivity index (χ1n) is 9.46. The third kappa shape index (κ3) is 5.69. The molecular weight excluding hydrogens is 364 g/mol. The Labute approximate surface area is 170 Å². The fourth-order valence-corrected chi connectivity index (χ4v) is 2.77. The van der Waals surface area contributed by atoms with Crippen molar-refractivity contribution in [2.45, 2.75) is 20.4 Å². The minimum absolute atomic E-state index is 0.0898. The summed E-state index contributed by atoms with van der Waals surface area (Å²) in [5, 5.41) is 5.47. The van der Waals surface area contributed by atoms with Gasteiger partial charge in [-0.3, -0.25) is 9.59 Å². The molecule has 0 saturated heterocycles. The summed E-state index contributed by atoms with van der Waals surface area (Å²) in [5.74, 6) is 0.873.